The molecular weight excluding hydrogens is 386 g/mol. The molecule has 1 atom stereocenters. The summed E-state index contributed by atoms with van der Waals surface area (Å²) in [5.74, 6) is -0.398. The standard InChI is InChI=1S/C23H27NO6/c1-5-13-29-20-12-11-17(14-21(20)28-6-2)23(27)30-16(4)22(26)24-19-10-8-7-9-18(19)15(3)25/h7-12,14,16H,5-6,13H2,1-4H3,(H,24,26). The van der Waals surface area contributed by atoms with Crippen molar-refractivity contribution in [1.29, 1.82) is 0 Å². The molecule has 160 valence electrons. The average molecular weight is 413 g/mol. The average Bonchev–Trinajstić information content (AvgIpc) is 2.73. The molecule has 30 heavy (non-hydrogen) atoms. The van der Waals surface area contributed by atoms with Crippen molar-refractivity contribution in [3.05, 3.63) is 53.6 Å². The third kappa shape index (κ3) is 6.07. The number of carbonyl (C=O) groups is 3. The number of esters is 1. The number of Topliss-reactive ketones (excluding diaryl/α,β-unsaturated/α-hetero) is 1. The minimum Gasteiger partial charge on any atom is -0.490 e. The molecule has 0 spiro atoms. The van der Waals surface area contributed by atoms with Gasteiger partial charge in [0.1, 0.15) is 0 Å². The minimum atomic E-state index is -1.07. The van der Waals surface area contributed by atoms with Gasteiger partial charge in [0.05, 0.1) is 24.5 Å². The Bertz CT molecular complexity index is 908. The molecule has 0 bridgehead atoms. The molecule has 2 rings (SSSR count). The van der Waals surface area contributed by atoms with Gasteiger partial charge in [0, 0.05) is 5.56 Å². The van der Waals surface area contributed by atoms with Crippen LogP contribution in [0.15, 0.2) is 42.5 Å². The second kappa shape index (κ2) is 11.0. The quantitative estimate of drug-likeness (QED) is 0.462. The van der Waals surface area contributed by atoms with Crippen molar-refractivity contribution in [3.8, 4) is 11.5 Å². The molecule has 7 heteroatoms. The summed E-state index contributed by atoms with van der Waals surface area (Å²) in [6, 6.07) is 11.4. The molecule has 0 aliphatic carbocycles. The number of carbonyl (C=O) groups excluding carboxylic acids is 3. The maximum absolute atomic E-state index is 12.5. The van der Waals surface area contributed by atoms with Gasteiger partial charge in [-0.3, -0.25) is 9.59 Å². The number of para-hydroxylation sites is 1. The van der Waals surface area contributed by atoms with Crippen molar-refractivity contribution in [2.75, 3.05) is 18.5 Å². The molecule has 2 aromatic rings. The van der Waals surface area contributed by atoms with E-state index in [9.17, 15) is 14.4 Å². The number of hydrogen-bond donors (Lipinski definition) is 1. The van der Waals surface area contributed by atoms with Crippen molar-refractivity contribution in [1.82, 2.24) is 0 Å². The lowest BCUT2D eigenvalue weighted by Gasteiger charge is -2.16. The largest absolute Gasteiger partial charge is 0.490 e. The van der Waals surface area contributed by atoms with E-state index < -0.39 is 18.0 Å². The van der Waals surface area contributed by atoms with E-state index in [0.29, 0.717) is 36.0 Å². The van der Waals surface area contributed by atoms with Crippen molar-refractivity contribution in [2.24, 2.45) is 0 Å². The zero-order chi connectivity index (χ0) is 22.1. The number of rotatable bonds is 10. The maximum atomic E-state index is 12.5. The van der Waals surface area contributed by atoms with Crippen LogP contribution in [0, 0.1) is 0 Å². The van der Waals surface area contributed by atoms with Crippen LogP contribution in [0.3, 0.4) is 0 Å². The Hall–Kier alpha value is -3.35. The highest BCUT2D eigenvalue weighted by Crippen LogP contribution is 2.29. The Morgan fingerprint density at radius 2 is 1.73 bits per heavy atom. The lowest BCUT2D eigenvalue weighted by atomic mass is 10.1. The molecule has 1 unspecified atom stereocenters. The van der Waals surface area contributed by atoms with Crippen molar-refractivity contribution >= 4 is 23.3 Å². The molecule has 1 amide bonds. The first-order valence-corrected chi connectivity index (χ1v) is 9.88. The summed E-state index contributed by atoms with van der Waals surface area (Å²) in [7, 11) is 0. The molecule has 0 aliphatic heterocycles. The SMILES string of the molecule is CCCOc1ccc(C(=O)OC(C)C(=O)Nc2ccccc2C(C)=O)cc1OCC. The zero-order valence-corrected chi connectivity index (χ0v) is 17.7. The third-order valence-electron chi connectivity index (χ3n) is 4.16. The summed E-state index contributed by atoms with van der Waals surface area (Å²) in [6.07, 6.45) is -0.224. The highest BCUT2D eigenvalue weighted by Gasteiger charge is 2.21. The van der Waals surface area contributed by atoms with E-state index in [4.69, 9.17) is 14.2 Å². The summed E-state index contributed by atoms with van der Waals surface area (Å²) < 4.78 is 16.5. The van der Waals surface area contributed by atoms with Crippen LogP contribution in [-0.4, -0.2) is 37.0 Å². The van der Waals surface area contributed by atoms with Crippen LogP contribution in [-0.2, 0) is 9.53 Å². The van der Waals surface area contributed by atoms with Gasteiger partial charge in [0.15, 0.2) is 23.4 Å². The van der Waals surface area contributed by atoms with Crippen molar-refractivity contribution in [3.63, 3.8) is 0 Å². The van der Waals surface area contributed by atoms with Crippen LogP contribution in [0.25, 0.3) is 0 Å². The smallest absolute Gasteiger partial charge is 0.339 e. The zero-order valence-electron chi connectivity index (χ0n) is 17.7. The second-order valence-corrected chi connectivity index (χ2v) is 6.58. The molecule has 2 aromatic carbocycles. The molecule has 0 heterocycles. The number of anilines is 1. The Balaban J connectivity index is 2.08. The van der Waals surface area contributed by atoms with Gasteiger partial charge in [-0.05, 0) is 57.5 Å². The summed E-state index contributed by atoms with van der Waals surface area (Å²) in [6.45, 7) is 7.65. The Kier molecular flexibility index (Phi) is 8.41. The number of ether oxygens (including phenoxy) is 3. The first kappa shape index (κ1) is 22.9. The Labute approximate surface area is 176 Å². The van der Waals surface area contributed by atoms with Crippen LogP contribution in [0.4, 0.5) is 5.69 Å². The second-order valence-electron chi connectivity index (χ2n) is 6.58. The first-order chi connectivity index (χ1) is 14.4. The summed E-state index contributed by atoms with van der Waals surface area (Å²) in [5, 5.41) is 2.63. The molecule has 1 N–H and O–H groups in total. The van der Waals surface area contributed by atoms with E-state index in [1.165, 1.54) is 19.9 Å². The molecule has 0 fully saturated rings. The van der Waals surface area contributed by atoms with Crippen molar-refractivity contribution < 1.29 is 28.6 Å². The van der Waals surface area contributed by atoms with E-state index in [0.717, 1.165) is 6.42 Å². The normalized spacial score (nSPS) is 11.3. The third-order valence-corrected chi connectivity index (χ3v) is 4.16. The fourth-order valence-corrected chi connectivity index (χ4v) is 2.65. The van der Waals surface area contributed by atoms with Crippen molar-refractivity contribution in [2.45, 2.75) is 40.2 Å². The fourth-order valence-electron chi connectivity index (χ4n) is 2.65. The lowest BCUT2D eigenvalue weighted by Crippen LogP contribution is -2.30. The molecule has 0 saturated carbocycles. The van der Waals surface area contributed by atoms with E-state index in [1.54, 1.807) is 36.4 Å². The van der Waals surface area contributed by atoms with Gasteiger partial charge in [0.25, 0.3) is 5.91 Å². The fraction of sp³-hybridized carbons (Fsp3) is 0.348. The number of amides is 1. The maximum Gasteiger partial charge on any atom is 0.339 e. The Morgan fingerprint density at radius 1 is 1.00 bits per heavy atom. The first-order valence-electron chi connectivity index (χ1n) is 9.88. The predicted octanol–water partition coefficient (Wildman–Crippen LogP) is 4.26. The molecule has 0 aliphatic rings. The van der Waals surface area contributed by atoms with Gasteiger partial charge >= 0.3 is 5.97 Å². The molecular formula is C23H27NO6. The number of ketones is 1. The lowest BCUT2D eigenvalue weighted by molar-refractivity contribution is -0.123. The predicted molar refractivity (Wildman–Crippen MR) is 113 cm³/mol. The van der Waals surface area contributed by atoms with Gasteiger partial charge < -0.3 is 19.5 Å². The van der Waals surface area contributed by atoms with Crippen LogP contribution in [0.5, 0.6) is 11.5 Å². The molecule has 0 saturated heterocycles. The van der Waals surface area contributed by atoms with E-state index in [-0.39, 0.29) is 11.3 Å². The summed E-state index contributed by atoms with van der Waals surface area (Å²) in [4.78, 5) is 36.7. The van der Waals surface area contributed by atoms with Gasteiger partial charge in [-0.2, -0.15) is 0 Å². The number of benzene rings is 2. The highest BCUT2D eigenvalue weighted by molar-refractivity contribution is 6.05. The van der Waals surface area contributed by atoms with Crippen LogP contribution >= 0.6 is 0 Å². The van der Waals surface area contributed by atoms with Gasteiger partial charge in [0.2, 0.25) is 0 Å². The summed E-state index contributed by atoms with van der Waals surface area (Å²) >= 11 is 0. The van der Waals surface area contributed by atoms with E-state index in [2.05, 4.69) is 5.32 Å². The van der Waals surface area contributed by atoms with Crippen LogP contribution in [0.2, 0.25) is 0 Å². The topological polar surface area (TPSA) is 90.9 Å². The number of hydrogen-bond acceptors (Lipinski definition) is 6. The highest BCUT2D eigenvalue weighted by atomic mass is 16.5. The van der Waals surface area contributed by atoms with Gasteiger partial charge in [-0.1, -0.05) is 19.1 Å². The monoisotopic (exact) mass is 413 g/mol. The molecule has 0 aromatic heterocycles. The minimum absolute atomic E-state index is 0.176. The Morgan fingerprint density at radius 3 is 2.40 bits per heavy atom. The van der Waals surface area contributed by atoms with Crippen LogP contribution < -0.4 is 14.8 Å². The van der Waals surface area contributed by atoms with E-state index in [1.807, 2.05) is 13.8 Å². The summed E-state index contributed by atoms with van der Waals surface area (Å²) in [5.41, 5.74) is 0.994. The van der Waals surface area contributed by atoms with Gasteiger partial charge in [-0.15, -0.1) is 0 Å². The van der Waals surface area contributed by atoms with Gasteiger partial charge in [-0.25, -0.2) is 4.79 Å². The molecule has 0 radical (unpaired) electrons. The number of nitrogens with one attached hydrogen (secondary N) is 1. The molecule has 7 nitrogen and oxygen atoms in total. The van der Waals surface area contributed by atoms with Crippen LogP contribution in [0.1, 0.15) is 54.8 Å². The van der Waals surface area contributed by atoms with E-state index >= 15 is 0 Å².